The highest BCUT2D eigenvalue weighted by molar-refractivity contribution is 6.01. The summed E-state index contributed by atoms with van der Waals surface area (Å²) >= 11 is 0. The molecule has 2 aromatic carbocycles. The molecule has 4 rings (SSSR count). The van der Waals surface area contributed by atoms with Crippen LogP contribution in [-0.4, -0.2) is 61.0 Å². The van der Waals surface area contributed by atoms with Gasteiger partial charge in [-0.15, -0.1) is 5.06 Å². The van der Waals surface area contributed by atoms with Crippen molar-refractivity contribution in [3.05, 3.63) is 65.2 Å². The maximum absolute atomic E-state index is 13.2. The summed E-state index contributed by atoms with van der Waals surface area (Å²) in [4.78, 5) is 66.7. The van der Waals surface area contributed by atoms with Crippen LogP contribution in [0.15, 0.2) is 48.5 Å². The number of Topliss-reactive ketones (excluding diaryl/α,β-unsaturated/α-hetero) is 1. The molecule has 2 aliphatic heterocycles. The number of para-hydroxylation sites is 1. The van der Waals surface area contributed by atoms with Gasteiger partial charge in [-0.2, -0.15) is 0 Å². The van der Waals surface area contributed by atoms with Crippen molar-refractivity contribution in [1.29, 1.82) is 0 Å². The van der Waals surface area contributed by atoms with Crippen molar-refractivity contribution in [3.63, 3.8) is 0 Å². The summed E-state index contributed by atoms with van der Waals surface area (Å²) in [5.41, 5.74) is 3.86. The molecule has 10 heteroatoms. The Labute approximate surface area is 232 Å². The zero-order chi connectivity index (χ0) is 28.3. The molecule has 1 saturated heterocycles. The zero-order valence-electron chi connectivity index (χ0n) is 22.2. The molecule has 0 spiro atoms. The van der Waals surface area contributed by atoms with Gasteiger partial charge >= 0.3 is 5.97 Å². The fraction of sp³-hybridized carbons (Fsp3) is 0.367. The van der Waals surface area contributed by atoms with Crippen molar-refractivity contribution in [2.24, 2.45) is 0 Å². The maximum Gasteiger partial charge on any atom is 0.335 e. The summed E-state index contributed by atoms with van der Waals surface area (Å²) in [6.07, 6.45) is 4.43. The molecule has 0 aliphatic carbocycles. The Kier molecular flexibility index (Phi) is 10.3. The van der Waals surface area contributed by atoms with E-state index in [2.05, 4.69) is 6.08 Å². The molecule has 0 saturated carbocycles. The van der Waals surface area contributed by atoms with Crippen LogP contribution in [0.1, 0.15) is 55.2 Å². The zero-order valence-corrected chi connectivity index (χ0v) is 22.2. The Morgan fingerprint density at radius 1 is 0.700 bits per heavy atom. The average Bonchev–Trinajstić information content (AvgIpc) is 3.26. The van der Waals surface area contributed by atoms with Gasteiger partial charge in [-0.25, -0.2) is 4.79 Å². The van der Waals surface area contributed by atoms with Gasteiger partial charge in [0.2, 0.25) is 5.91 Å². The topological polar surface area (TPSA) is 120 Å². The molecule has 10 nitrogen and oxygen atoms in total. The molecule has 0 atom stereocenters. The predicted octanol–water partition coefficient (Wildman–Crippen LogP) is 3.47. The molecule has 3 amide bonds. The van der Waals surface area contributed by atoms with Crippen LogP contribution >= 0.6 is 0 Å². The minimum atomic E-state index is -0.732. The van der Waals surface area contributed by atoms with Gasteiger partial charge in [0.25, 0.3) is 11.8 Å². The van der Waals surface area contributed by atoms with E-state index in [9.17, 15) is 24.0 Å². The van der Waals surface area contributed by atoms with Gasteiger partial charge in [0, 0.05) is 32.1 Å². The fourth-order valence-electron chi connectivity index (χ4n) is 4.35. The number of hydrogen-bond donors (Lipinski definition) is 0. The largest absolute Gasteiger partial charge is 0.379 e. The number of benzene rings is 2. The highest BCUT2D eigenvalue weighted by Gasteiger charge is 2.32. The second-order valence-corrected chi connectivity index (χ2v) is 9.38. The average molecular weight is 549 g/mol. The van der Waals surface area contributed by atoms with Crippen LogP contribution in [0, 0.1) is 0 Å². The van der Waals surface area contributed by atoms with Crippen LogP contribution in [-0.2, 0) is 44.8 Å². The monoisotopic (exact) mass is 548 g/mol. The van der Waals surface area contributed by atoms with Crippen molar-refractivity contribution < 1.29 is 38.3 Å². The predicted molar refractivity (Wildman–Crippen MR) is 145 cm³/mol. The first kappa shape index (κ1) is 28.8. The minimum absolute atomic E-state index is 0.0402. The van der Waals surface area contributed by atoms with Crippen molar-refractivity contribution in [2.45, 2.75) is 45.1 Å². The molecule has 40 heavy (non-hydrogen) atoms. The van der Waals surface area contributed by atoms with Gasteiger partial charge < -0.3 is 19.2 Å². The van der Waals surface area contributed by atoms with Gasteiger partial charge in [0.05, 0.1) is 45.1 Å². The number of amides is 3. The highest BCUT2D eigenvalue weighted by atomic mass is 16.7. The normalized spacial score (nSPS) is 15.2. The summed E-state index contributed by atoms with van der Waals surface area (Å²) in [6, 6.07) is 15.7. The van der Waals surface area contributed by atoms with E-state index in [0.29, 0.717) is 11.6 Å². The maximum atomic E-state index is 13.2. The number of ketones is 1. The van der Waals surface area contributed by atoms with Crippen molar-refractivity contribution >= 4 is 47.3 Å². The molecule has 0 radical (unpaired) electrons. The number of ether oxygens (including phenoxy) is 2. The lowest BCUT2D eigenvalue weighted by atomic mass is 10.0. The number of anilines is 1. The van der Waals surface area contributed by atoms with Crippen molar-refractivity contribution in [2.75, 3.05) is 31.3 Å². The van der Waals surface area contributed by atoms with Crippen LogP contribution in [0.5, 0.6) is 0 Å². The highest BCUT2D eigenvalue weighted by Crippen LogP contribution is 2.29. The van der Waals surface area contributed by atoms with Crippen LogP contribution in [0.4, 0.5) is 5.69 Å². The molecule has 1 fully saturated rings. The van der Waals surface area contributed by atoms with Crippen LogP contribution < -0.4 is 4.90 Å². The van der Waals surface area contributed by atoms with Gasteiger partial charge in [0.1, 0.15) is 5.78 Å². The number of carbonyl (C=O) groups excluding carboxylic acids is 5. The third-order valence-electron chi connectivity index (χ3n) is 6.52. The summed E-state index contributed by atoms with van der Waals surface area (Å²) in [5.74, 6) is -1.97. The Hall–Kier alpha value is -4.15. The van der Waals surface area contributed by atoms with Gasteiger partial charge in [0.15, 0.2) is 0 Å². The number of hydroxylamine groups is 2. The van der Waals surface area contributed by atoms with E-state index in [1.165, 1.54) is 0 Å². The number of fused-ring (bicyclic) bond motifs is 2. The van der Waals surface area contributed by atoms with Gasteiger partial charge in [-0.3, -0.25) is 19.2 Å². The Bertz CT molecular complexity index is 1270. The third kappa shape index (κ3) is 7.93. The smallest absolute Gasteiger partial charge is 0.335 e. The Morgan fingerprint density at radius 2 is 1.32 bits per heavy atom. The third-order valence-corrected chi connectivity index (χ3v) is 6.52. The first-order valence-electron chi connectivity index (χ1n) is 13.3. The lowest BCUT2D eigenvalue weighted by Gasteiger charge is -2.27. The SMILES string of the molecule is O=C(CCOCCOCCC(=O)ON1C(=O)CCC1=O)CCC(=O)N1Cc2ccccc2/C=C\c2ccccc21. The first-order valence-corrected chi connectivity index (χ1v) is 13.3. The summed E-state index contributed by atoms with van der Waals surface area (Å²) < 4.78 is 10.7. The second-order valence-electron chi connectivity index (χ2n) is 9.38. The number of imide groups is 1. The number of nitrogens with zero attached hydrogens (tertiary/aromatic N) is 2. The summed E-state index contributed by atoms with van der Waals surface area (Å²) in [7, 11) is 0. The molecule has 0 N–H and O–H groups in total. The second kappa shape index (κ2) is 14.3. The quantitative estimate of drug-likeness (QED) is 0.276. The van der Waals surface area contributed by atoms with Crippen molar-refractivity contribution in [1.82, 2.24) is 5.06 Å². The molecule has 210 valence electrons. The first-order chi connectivity index (χ1) is 19.4. The number of hydrogen-bond acceptors (Lipinski definition) is 8. The minimum Gasteiger partial charge on any atom is -0.379 e. The van der Waals surface area contributed by atoms with E-state index in [0.717, 1.165) is 22.4 Å². The fourth-order valence-corrected chi connectivity index (χ4v) is 4.35. The molecular formula is C30H32N2O8. The van der Waals surface area contributed by atoms with E-state index in [4.69, 9.17) is 14.3 Å². The van der Waals surface area contributed by atoms with Gasteiger partial charge in [-0.05, 0) is 22.8 Å². The molecule has 0 bridgehead atoms. The summed E-state index contributed by atoms with van der Waals surface area (Å²) in [6.45, 7) is 1.09. The molecule has 0 unspecified atom stereocenters. The molecule has 2 heterocycles. The lowest BCUT2D eigenvalue weighted by molar-refractivity contribution is -0.198. The number of rotatable bonds is 13. The molecular weight excluding hydrogens is 516 g/mol. The molecule has 2 aromatic rings. The Morgan fingerprint density at radius 3 is 2.08 bits per heavy atom. The Balaban J connectivity index is 1.12. The van der Waals surface area contributed by atoms with Gasteiger partial charge in [-0.1, -0.05) is 54.6 Å². The van der Waals surface area contributed by atoms with Crippen molar-refractivity contribution in [3.8, 4) is 0 Å². The van der Waals surface area contributed by atoms with E-state index in [1.54, 1.807) is 4.90 Å². The number of carbonyl (C=O) groups is 5. The van der Waals surface area contributed by atoms with E-state index in [1.807, 2.05) is 54.6 Å². The van der Waals surface area contributed by atoms with Crippen LogP contribution in [0.25, 0.3) is 12.2 Å². The van der Waals surface area contributed by atoms with Crippen LogP contribution in [0.2, 0.25) is 0 Å². The lowest BCUT2D eigenvalue weighted by Crippen LogP contribution is -2.32. The van der Waals surface area contributed by atoms with E-state index in [-0.39, 0.29) is 76.6 Å². The standard InChI is InChI=1S/C30H32N2O8/c33-25(15-17-38-19-20-39-18-16-30(37)40-32-28(35)13-14-29(32)36)11-12-27(34)31-21-24-7-2-1-5-22(24)9-10-23-6-3-4-8-26(23)31/h1-10H,11-21H2/b10-9-. The summed E-state index contributed by atoms with van der Waals surface area (Å²) in [5, 5.41) is 0.500. The van der Waals surface area contributed by atoms with E-state index < -0.39 is 17.8 Å². The van der Waals surface area contributed by atoms with Crippen LogP contribution in [0.3, 0.4) is 0 Å². The molecule has 0 aromatic heterocycles. The molecule has 2 aliphatic rings. The van der Waals surface area contributed by atoms with E-state index >= 15 is 0 Å².